The fourth-order valence-electron chi connectivity index (χ4n) is 1.74. The topological polar surface area (TPSA) is 73.9 Å². The Morgan fingerprint density at radius 2 is 2.00 bits per heavy atom. The van der Waals surface area contributed by atoms with Crippen molar-refractivity contribution in [2.45, 2.75) is 26.4 Å². The van der Waals surface area contributed by atoms with Crippen LogP contribution in [0, 0.1) is 11.8 Å². The standard InChI is InChI=1S/C12H21NO5/c1-12(2,3)18-11(15)13-5-8-6-17-7-9(8)10(14)16-4/h8-9H,5-7H2,1-4H3,(H,13,15)/t8-,9+/m1/s1. The summed E-state index contributed by atoms with van der Waals surface area (Å²) < 4.78 is 15.0. The summed E-state index contributed by atoms with van der Waals surface area (Å²) in [6, 6.07) is 0. The summed E-state index contributed by atoms with van der Waals surface area (Å²) in [6.45, 7) is 6.51. The molecule has 1 rings (SSSR count). The van der Waals surface area contributed by atoms with Crippen LogP contribution in [0.1, 0.15) is 20.8 Å². The van der Waals surface area contributed by atoms with E-state index in [-0.39, 0.29) is 17.8 Å². The molecule has 1 N–H and O–H groups in total. The second-order valence-corrected chi connectivity index (χ2v) is 5.31. The van der Waals surface area contributed by atoms with Crippen molar-refractivity contribution in [3.8, 4) is 0 Å². The number of amides is 1. The molecule has 1 fully saturated rings. The van der Waals surface area contributed by atoms with Crippen molar-refractivity contribution in [2.24, 2.45) is 11.8 Å². The van der Waals surface area contributed by atoms with E-state index < -0.39 is 11.7 Å². The Morgan fingerprint density at radius 1 is 1.33 bits per heavy atom. The van der Waals surface area contributed by atoms with E-state index in [9.17, 15) is 9.59 Å². The second-order valence-electron chi connectivity index (χ2n) is 5.31. The van der Waals surface area contributed by atoms with Crippen LogP contribution in [-0.2, 0) is 19.0 Å². The van der Waals surface area contributed by atoms with E-state index in [0.29, 0.717) is 19.8 Å². The highest BCUT2D eigenvalue weighted by Gasteiger charge is 2.35. The molecule has 0 bridgehead atoms. The zero-order valence-corrected chi connectivity index (χ0v) is 11.3. The summed E-state index contributed by atoms with van der Waals surface area (Å²) in [4.78, 5) is 22.9. The van der Waals surface area contributed by atoms with Crippen LogP contribution in [0.25, 0.3) is 0 Å². The molecule has 0 aromatic carbocycles. The monoisotopic (exact) mass is 259 g/mol. The lowest BCUT2D eigenvalue weighted by Crippen LogP contribution is -2.38. The average molecular weight is 259 g/mol. The van der Waals surface area contributed by atoms with Crippen molar-refractivity contribution in [1.29, 1.82) is 0 Å². The van der Waals surface area contributed by atoms with Crippen LogP contribution < -0.4 is 5.32 Å². The third kappa shape index (κ3) is 4.52. The number of rotatable bonds is 3. The molecule has 0 aromatic heterocycles. The minimum absolute atomic E-state index is 0.0648. The van der Waals surface area contributed by atoms with Gasteiger partial charge in [0.25, 0.3) is 0 Å². The number of hydrogen-bond acceptors (Lipinski definition) is 5. The number of methoxy groups -OCH3 is 1. The number of hydrogen-bond donors (Lipinski definition) is 1. The summed E-state index contributed by atoms with van der Waals surface area (Å²) in [5.41, 5.74) is -0.530. The van der Waals surface area contributed by atoms with Crippen molar-refractivity contribution in [2.75, 3.05) is 26.9 Å². The maximum atomic E-state index is 11.5. The van der Waals surface area contributed by atoms with Crippen LogP contribution in [0.15, 0.2) is 0 Å². The lowest BCUT2D eigenvalue weighted by molar-refractivity contribution is -0.146. The molecular weight excluding hydrogens is 238 g/mol. The smallest absolute Gasteiger partial charge is 0.407 e. The first-order valence-corrected chi connectivity index (χ1v) is 5.96. The quantitative estimate of drug-likeness (QED) is 0.764. The van der Waals surface area contributed by atoms with Crippen molar-refractivity contribution >= 4 is 12.1 Å². The summed E-state index contributed by atoms with van der Waals surface area (Å²) >= 11 is 0. The fourth-order valence-corrected chi connectivity index (χ4v) is 1.74. The Kier molecular flexibility index (Phi) is 4.95. The van der Waals surface area contributed by atoms with Crippen molar-refractivity contribution in [3.63, 3.8) is 0 Å². The van der Waals surface area contributed by atoms with Crippen LogP contribution in [0.5, 0.6) is 0 Å². The van der Waals surface area contributed by atoms with E-state index >= 15 is 0 Å². The first-order valence-electron chi connectivity index (χ1n) is 5.96. The molecule has 0 saturated carbocycles. The fraction of sp³-hybridized carbons (Fsp3) is 0.833. The van der Waals surface area contributed by atoms with Gasteiger partial charge in [0.15, 0.2) is 0 Å². The van der Waals surface area contributed by atoms with Gasteiger partial charge in [-0.05, 0) is 20.8 Å². The normalized spacial score (nSPS) is 23.6. The van der Waals surface area contributed by atoms with Gasteiger partial charge in [0.05, 0.1) is 26.2 Å². The lowest BCUT2D eigenvalue weighted by atomic mass is 9.96. The number of nitrogens with one attached hydrogen (secondary N) is 1. The van der Waals surface area contributed by atoms with E-state index in [1.54, 1.807) is 20.8 Å². The number of alkyl carbamates (subject to hydrolysis) is 1. The molecule has 1 aliphatic rings. The molecule has 0 spiro atoms. The van der Waals surface area contributed by atoms with Gasteiger partial charge in [0.2, 0.25) is 0 Å². The molecule has 1 amide bonds. The van der Waals surface area contributed by atoms with Gasteiger partial charge in [0.1, 0.15) is 5.60 Å². The largest absolute Gasteiger partial charge is 0.469 e. The molecule has 1 saturated heterocycles. The van der Waals surface area contributed by atoms with Gasteiger partial charge in [-0.15, -0.1) is 0 Å². The Labute approximate surface area is 107 Å². The molecule has 0 unspecified atom stereocenters. The Hall–Kier alpha value is -1.30. The maximum absolute atomic E-state index is 11.5. The predicted octanol–water partition coefficient (Wildman–Crippen LogP) is 0.947. The van der Waals surface area contributed by atoms with Crippen molar-refractivity contribution < 1.29 is 23.8 Å². The van der Waals surface area contributed by atoms with E-state index in [1.165, 1.54) is 7.11 Å². The maximum Gasteiger partial charge on any atom is 0.407 e. The van der Waals surface area contributed by atoms with Gasteiger partial charge >= 0.3 is 12.1 Å². The summed E-state index contributed by atoms with van der Waals surface area (Å²) in [5, 5.41) is 2.64. The van der Waals surface area contributed by atoms with Crippen molar-refractivity contribution in [1.82, 2.24) is 5.32 Å². The third-order valence-electron chi connectivity index (χ3n) is 2.61. The molecule has 6 heteroatoms. The average Bonchev–Trinajstić information content (AvgIpc) is 2.71. The molecule has 1 heterocycles. The first-order chi connectivity index (χ1) is 8.33. The minimum atomic E-state index is -0.530. The second kappa shape index (κ2) is 6.04. The van der Waals surface area contributed by atoms with Crippen LogP contribution in [0.3, 0.4) is 0 Å². The van der Waals surface area contributed by atoms with E-state index in [0.717, 1.165) is 0 Å². The Bertz CT molecular complexity index is 310. The first kappa shape index (κ1) is 14.8. The molecule has 0 aromatic rings. The highest BCUT2D eigenvalue weighted by atomic mass is 16.6. The number of carbonyl (C=O) groups excluding carboxylic acids is 2. The molecule has 2 atom stereocenters. The molecule has 6 nitrogen and oxygen atoms in total. The predicted molar refractivity (Wildman–Crippen MR) is 64.1 cm³/mol. The third-order valence-corrected chi connectivity index (χ3v) is 2.61. The van der Waals surface area contributed by atoms with Crippen LogP contribution >= 0.6 is 0 Å². The van der Waals surface area contributed by atoms with Gasteiger partial charge in [-0.2, -0.15) is 0 Å². The Balaban J connectivity index is 2.38. The zero-order chi connectivity index (χ0) is 13.8. The molecule has 18 heavy (non-hydrogen) atoms. The highest BCUT2D eigenvalue weighted by Crippen LogP contribution is 2.21. The molecule has 1 aliphatic heterocycles. The molecular formula is C12H21NO5. The zero-order valence-electron chi connectivity index (χ0n) is 11.3. The highest BCUT2D eigenvalue weighted by molar-refractivity contribution is 5.73. The van der Waals surface area contributed by atoms with Gasteiger partial charge in [-0.1, -0.05) is 0 Å². The number of carbonyl (C=O) groups is 2. The van der Waals surface area contributed by atoms with Crippen molar-refractivity contribution in [3.05, 3.63) is 0 Å². The molecule has 104 valence electrons. The summed E-state index contributed by atoms with van der Waals surface area (Å²) in [5.74, 6) is -0.682. The summed E-state index contributed by atoms with van der Waals surface area (Å²) in [7, 11) is 1.35. The number of esters is 1. The Morgan fingerprint density at radius 3 is 2.56 bits per heavy atom. The summed E-state index contributed by atoms with van der Waals surface area (Å²) in [6.07, 6.45) is -0.488. The SMILES string of the molecule is COC(=O)[C@H]1COC[C@H]1CNC(=O)OC(C)(C)C. The van der Waals surface area contributed by atoms with Crippen LogP contribution in [0.4, 0.5) is 4.79 Å². The lowest BCUT2D eigenvalue weighted by Gasteiger charge is -2.21. The molecule has 0 radical (unpaired) electrons. The van der Waals surface area contributed by atoms with Crippen LogP contribution in [-0.4, -0.2) is 44.5 Å². The minimum Gasteiger partial charge on any atom is -0.469 e. The van der Waals surface area contributed by atoms with Gasteiger partial charge in [0, 0.05) is 12.5 Å². The van der Waals surface area contributed by atoms with E-state index in [2.05, 4.69) is 10.1 Å². The van der Waals surface area contributed by atoms with Gasteiger partial charge in [-0.3, -0.25) is 4.79 Å². The van der Waals surface area contributed by atoms with Gasteiger partial charge < -0.3 is 19.5 Å². The van der Waals surface area contributed by atoms with Crippen LogP contribution in [0.2, 0.25) is 0 Å². The number of ether oxygens (including phenoxy) is 3. The van der Waals surface area contributed by atoms with Gasteiger partial charge in [-0.25, -0.2) is 4.79 Å². The molecule has 0 aliphatic carbocycles. The van der Waals surface area contributed by atoms with E-state index in [4.69, 9.17) is 9.47 Å². The van der Waals surface area contributed by atoms with E-state index in [1.807, 2.05) is 0 Å².